The average Bonchev–Trinajstić information content (AvgIpc) is 2.27. The highest BCUT2D eigenvalue weighted by Gasteiger charge is 2.12. The molecular formula is C12H19FN2O. The summed E-state index contributed by atoms with van der Waals surface area (Å²) < 4.78 is 18.3. The maximum absolute atomic E-state index is 13.4. The SMILES string of the molecule is CCCN(CC)c1cc(OC)c(F)cc1N. The summed E-state index contributed by atoms with van der Waals surface area (Å²) in [5.74, 6) is -0.185. The van der Waals surface area contributed by atoms with Gasteiger partial charge in [-0.2, -0.15) is 0 Å². The van der Waals surface area contributed by atoms with Gasteiger partial charge in [-0.05, 0) is 13.3 Å². The van der Waals surface area contributed by atoms with Gasteiger partial charge in [-0.3, -0.25) is 0 Å². The first-order valence-electron chi connectivity index (χ1n) is 5.52. The molecule has 0 heterocycles. The number of anilines is 2. The van der Waals surface area contributed by atoms with Crippen LogP contribution in [0.25, 0.3) is 0 Å². The second-order valence-electron chi connectivity index (χ2n) is 3.63. The van der Waals surface area contributed by atoms with Crippen molar-refractivity contribution in [3.05, 3.63) is 17.9 Å². The molecule has 0 atom stereocenters. The van der Waals surface area contributed by atoms with Gasteiger partial charge in [-0.1, -0.05) is 6.92 Å². The van der Waals surface area contributed by atoms with E-state index >= 15 is 0 Å². The van der Waals surface area contributed by atoms with Crippen molar-refractivity contribution in [3.8, 4) is 5.75 Å². The lowest BCUT2D eigenvalue weighted by molar-refractivity contribution is 0.386. The highest BCUT2D eigenvalue weighted by Crippen LogP contribution is 2.30. The minimum Gasteiger partial charge on any atom is -0.494 e. The third kappa shape index (κ3) is 2.56. The fourth-order valence-electron chi connectivity index (χ4n) is 1.71. The van der Waals surface area contributed by atoms with Gasteiger partial charge in [0.05, 0.1) is 18.5 Å². The molecule has 90 valence electrons. The number of nitrogens with zero attached hydrogens (tertiary/aromatic N) is 1. The number of nitrogens with two attached hydrogens (primary N) is 1. The van der Waals surface area contributed by atoms with Gasteiger partial charge < -0.3 is 15.4 Å². The molecule has 0 radical (unpaired) electrons. The Morgan fingerprint density at radius 3 is 2.56 bits per heavy atom. The van der Waals surface area contributed by atoms with Gasteiger partial charge in [0.25, 0.3) is 0 Å². The largest absolute Gasteiger partial charge is 0.494 e. The van der Waals surface area contributed by atoms with Crippen molar-refractivity contribution in [1.82, 2.24) is 0 Å². The average molecular weight is 226 g/mol. The van der Waals surface area contributed by atoms with Crippen LogP contribution in [-0.4, -0.2) is 20.2 Å². The van der Waals surface area contributed by atoms with Crippen molar-refractivity contribution < 1.29 is 9.13 Å². The Hall–Kier alpha value is -1.45. The van der Waals surface area contributed by atoms with Crippen LogP contribution in [0.3, 0.4) is 0 Å². The van der Waals surface area contributed by atoms with Gasteiger partial charge in [0.1, 0.15) is 0 Å². The van der Waals surface area contributed by atoms with E-state index in [1.54, 1.807) is 6.07 Å². The summed E-state index contributed by atoms with van der Waals surface area (Å²) in [6.07, 6.45) is 1.02. The first-order valence-corrected chi connectivity index (χ1v) is 5.52. The number of ether oxygens (including phenoxy) is 1. The predicted octanol–water partition coefficient (Wildman–Crippen LogP) is 2.65. The third-order valence-electron chi connectivity index (χ3n) is 2.52. The number of hydrogen-bond donors (Lipinski definition) is 1. The Morgan fingerprint density at radius 1 is 1.38 bits per heavy atom. The predicted molar refractivity (Wildman–Crippen MR) is 65.5 cm³/mol. The molecule has 0 unspecified atom stereocenters. The number of nitrogen functional groups attached to an aromatic ring is 1. The van der Waals surface area contributed by atoms with E-state index in [-0.39, 0.29) is 5.75 Å². The van der Waals surface area contributed by atoms with Crippen molar-refractivity contribution in [2.24, 2.45) is 0 Å². The molecule has 0 aromatic heterocycles. The van der Waals surface area contributed by atoms with E-state index in [0.29, 0.717) is 5.69 Å². The fourth-order valence-corrected chi connectivity index (χ4v) is 1.71. The molecule has 0 aliphatic carbocycles. The smallest absolute Gasteiger partial charge is 0.167 e. The van der Waals surface area contributed by atoms with Crippen molar-refractivity contribution >= 4 is 11.4 Å². The van der Waals surface area contributed by atoms with Gasteiger partial charge in [0, 0.05) is 25.2 Å². The second kappa shape index (κ2) is 5.58. The van der Waals surface area contributed by atoms with E-state index in [1.807, 2.05) is 6.92 Å². The summed E-state index contributed by atoms with van der Waals surface area (Å²) in [4.78, 5) is 2.11. The monoisotopic (exact) mass is 226 g/mol. The molecule has 0 aliphatic heterocycles. The third-order valence-corrected chi connectivity index (χ3v) is 2.52. The van der Waals surface area contributed by atoms with Crippen LogP contribution < -0.4 is 15.4 Å². The zero-order chi connectivity index (χ0) is 12.1. The minimum absolute atomic E-state index is 0.235. The molecule has 3 nitrogen and oxygen atoms in total. The zero-order valence-corrected chi connectivity index (χ0v) is 10.1. The van der Waals surface area contributed by atoms with Crippen molar-refractivity contribution in [1.29, 1.82) is 0 Å². The fraction of sp³-hybridized carbons (Fsp3) is 0.500. The van der Waals surface area contributed by atoms with Gasteiger partial charge in [0.2, 0.25) is 0 Å². The van der Waals surface area contributed by atoms with E-state index in [1.165, 1.54) is 13.2 Å². The summed E-state index contributed by atoms with van der Waals surface area (Å²) in [5, 5.41) is 0. The molecule has 0 spiro atoms. The molecule has 4 heteroatoms. The normalized spacial score (nSPS) is 10.2. The Bertz CT molecular complexity index is 355. The van der Waals surface area contributed by atoms with Crippen LogP contribution in [0.4, 0.5) is 15.8 Å². The maximum atomic E-state index is 13.4. The molecule has 1 rings (SSSR count). The zero-order valence-electron chi connectivity index (χ0n) is 10.1. The number of halogens is 1. The van der Waals surface area contributed by atoms with Crippen LogP contribution in [-0.2, 0) is 0 Å². The molecule has 2 N–H and O–H groups in total. The van der Waals surface area contributed by atoms with E-state index < -0.39 is 5.82 Å². The topological polar surface area (TPSA) is 38.5 Å². The molecule has 0 aliphatic rings. The van der Waals surface area contributed by atoms with Crippen molar-refractivity contribution in [2.45, 2.75) is 20.3 Å². The van der Waals surface area contributed by atoms with Crippen LogP contribution in [0.2, 0.25) is 0 Å². The molecule has 0 amide bonds. The minimum atomic E-state index is -0.420. The number of benzene rings is 1. The highest BCUT2D eigenvalue weighted by molar-refractivity contribution is 5.70. The summed E-state index contributed by atoms with van der Waals surface area (Å²) in [5.41, 5.74) is 7.10. The van der Waals surface area contributed by atoms with Crippen LogP contribution in [0, 0.1) is 5.82 Å². The van der Waals surface area contributed by atoms with Gasteiger partial charge >= 0.3 is 0 Å². The van der Waals surface area contributed by atoms with Crippen molar-refractivity contribution in [2.75, 3.05) is 30.8 Å². The summed E-state index contributed by atoms with van der Waals surface area (Å²) in [6, 6.07) is 2.97. The van der Waals surface area contributed by atoms with Gasteiger partial charge in [-0.15, -0.1) is 0 Å². The quantitative estimate of drug-likeness (QED) is 0.784. The van der Waals surface area contributed by atoms with E-state index in [2.05, 4.69) is 11.8 Å². The molecule has 1 aromatic rings. The summed E-state index contributed by atoms with van der Waals surface area (Å²) in [7, 11) is 1.45. The van der Waals surface area contributed by atoms with Gasteiger partial charge in [0.15, 0.2) is 11.6 Å². The van der Waals surface area contributed by atoms with E-state index in [9.17, 15) is 4.39 Å². The second-order valence-corrected chi connectivity index (χ2v) is 3.63. The Labute approximate surface area is 96.0 Å². The number of hydrogen-bond acceptors (Lipinski definition) is 3. The lowest BCUT2D eigenvalue weighted by Gasteiger charge is -2.24. The Balaban J connectivity index is 3.10. The lowest BCUT2D eigenvalue weighted by atomic mass is 10.2. The molecule has 1 aromatic carbocycles. The Kier molecular flexibility index (Phi) is 4.40. The molecular weight excluding hydrogens is 207 g/mol. The first kappa shape index (κ1) is 12.6. The lowest BCUT2D eigenvalue weighted by Crippen LogP contribution is -2.24. The molecule has 0 saturated heterocycles. The molecule has 16 heavy (non-hydrogen) atoms. The summed E-state index contributed by atoms with van der Waals surface area (Å²) in [6.45, 7) is 5.88. The van der Waals surface area contributed by atoms with E-state index in [0.717, 1.165) is 25.2 Å². The molecule has 0 bridgehead atoms. The standard InChI is InChI=1S/C12H19FN2O/c1-4-6-15(5-2)11-8-12(16-3)9(13)7-10(11)14/h7-8H,4-6,14H2,1-3H3. The molecule has 0 saturated carbocycles. The van der Waals surface area contributed by atoms with Crippen LogP contribution >= 0.6 is 0 Å². The van der Waals surface area contributed by atoms with E-state index in [4.69, 9.17) is 10.5 Å². The van der Waals surface area contributed by atoms with Gasteiger partial charge in [-0.25, -0.2) is 4.39 Å². The number of methoxy groups -OCH3 is 1. The summed E-state index contributed by atoms with van der Waals surface area (Å²) >= 11 is 0. The Morgan fingerprint density at radius 2 is 2.06 bits per heavy atom. The van der Waals surface area contributed by atoms with Crippen molar-refractivity contribution in [3.63, 3.8) is 0 Å². The maximum Gasteiger partial charge on any atom is 0.167 e. The highest BCUT2D eigenvalue weighted by atomic mass is 19.1. The van der Waals surface area contributed by atoms with Crippen LogP contribution in [0.1, 0.15) is 20.3 Å². The van der Waals surface area contributed by atoms with Crippen LogP contribution in [0.15, 0.2) is 12.1 Å². The molecule has 0 fully saturated rings. The number of rotatable bonds is 5. The van der Waals surface area contributed by atoms with Crippen LogP contribution in [0.5, 0.6) is 5.75 Å². The first-order chi connectivity index (χ1) is 7.63.